The Bertz CT molecular complexity index is 539. The van der Waals surface area contributed by atoms with E-state index in [0.717, 1.165) is 10.9 Å². The summed E-state index contributed by atoms with van der Waals surface area (Å²) in [5, 5.41) is 1.58. The first kappa shape index (κ1) is 11.6. The Kier molecular flexibility index (Phi) is 3.10. The van der Waals surface area contributed by atoms with Crippen molar-refractivity contribution in [2.45, 2.75) is 6.92 Å². The van der Waals surface area contributed by atoms with Crippen LogP contribution in [0.25, 0.3) is 0 Å². The largest absolute Gasteiger partial charge is 0.378 e. The van der Waals surface area contributed by atoms with Crippen LogP contribution in [0.15, 0.2) is 15.8 Å². The van der Waals surface area contributed by atoms with E-state index >= 15 is 0 Å². The van der Waals surface area contributed by atoms with Crippen LogP contribution in [-0.2, 0) is 4.74 Å². The van der Waals surface area contributed by atoms with Gasteiger partial charge in [0, 0.05) is 6.20 Å². The Labute approximate surface area is 96.6 Å². The second kappa shape index (κ2) is 4.54. The number of Topliss-reactive ketones (excluding diaryl/α,β-unsaturated/α-hetero) is 1. The summed E-state index contributed by atoms with van der Waals surface area (Å²) in [5.74, 6) is -0.367. The molecule has 1 aromatic heterocycles. The molecule has 0 radical (unpaired) electrons. The van der Waals surface area contributed by atoms with Crippen LogP contribution in [0.4, 0.5) is 0 Å². The first-order valence-corrected chi connectivity index (χ1v) is 5.30. The zero-order valence-corrected chi connectivity index (χ0v) is 9.43. The van der Waals surface area contributed by atoms with Gasteiger partial charge in [-0.05, 0) is 6.92 Å². The van der Waals surface area contributed by atoms with Crippen molar-refractivity contribution in [2.24, 2.45) is 0 Å². The van der Waals surface area contributed by atoms with E-state index in [4.69, 9.17) is 4.74 Å². The Hall–Kier alpha value is -1.89. The zero-order chi connectivity index (χ0) is 12.4. The van der Waals surface area contributed by atoms with Gasteiger partial charge in [-0.1, -0.05) is 0 Å². The number of hydrogen-bond acceptors (Lipinski definition) is 5. The minimum atomic E-state index is -0.580. The van der Waals surface area contributed by atoms with E-state index in [2.05, 4.69) is 4.98 Å². The van der Waals surface area contributed by atoms with Gasteiger partial charge in [0.15, 0.2) is 5.78 Å². The molecule has 7 heteroatoms. The molecule has 1 aliphatic heterocycles. The quantitative estimate of drug-likeness (QED) is 0.649. The molecule has 1 fully saturated rings. The molecule has 0 saturated carbocycles. The predicted molar refractivity (Wildman–Crippen MR) is 60.1 cm³/mol. The minimum absolute atomic E-state index is 0.0175. The van der Waals surface area contributed by atoms with Crippen molar-refractivity contribution in [3.8, 4) is 0 Å². The lowest BCUT2D eigenvalue weighted by atomic mass is 10.2. The average molecular weight is 239 g/mol. The summed E-state index contributed by atoms with van der Waals surface area (Å²) in [6.07, 6.45) is 1.16. The van der Waals surface area contributed by atoms with E-state index in [1.807, 2.05) is 0 Å². The van der Waals surface area contributed by atoms with Crippen molar-refractivity contribution in [2.75, 3.05) is 31.3 Å². The number of hydrogen-bond donors (Lipinski definition) is 1. The molecule has 1 aromatic rings. The van der Waals surface area contributed by atoms with Crippen LogP contribution >= 0.6 is 0 Å². The molecule has 2 rings (SSSR count). The van der Waals surface area contributed by atoms with Gasteiger partial charge >= 0.3 is 5.69 Å². The van der Waals surface area contributed by atoms with Crippen molar-refractivity contribution in [3.63, 3.8) is 0 Å². The lowest BCUT2D eigenvalue weighted by Crippen LogP contribution is -2.55. The van der Waals surface area contributed by atoms with Crippen molar-refractivity contribution >= 4 is 5.78 Å². The topological polar surface area (TPSA) is 84.4 Å². The second-order valence-corrected chi connectivity index (χ2v) is 3.75. The molecule has 1 N–H and O–H groups in total. The van der Waals surface area contributed by atoms with Crippen LogP contribution < -0.4 is 16.3 Å². The highest BCUT2D eigenvalue weighted by molar-refractivity contribution is 5.93. The highest BCUT2D eigenvalue weighted by Crippen LogP contribution is 1.94. The van der Waals surface area contributed by atoms with Gasteiger partial charge in [-0.3, -0.25) is 9.59 Å². The van der Waals surface area contributed by atoms with Crippen molar-refractivity contribution in [1.29, 1.82) is 0 Å². The Morgan fingerprint density at radius 2 is 2.00 bits per heavy atom. The normalized spacial score (nSPS) is 15.9. The summed E-state index contributed by atoms with van der Waals surface area (Å²) in [6, 6.07) is 0. The molecule has 92 valence electrons. The van der Waals surface area contributed by atoms with E-state index in [0.29, 0.717) is 26.3 Å². The molecule has 1 aliphatic rings. The number of H-pyrrole nitrogens is 1. The number of rotatable bonds is 2. The molecule has 7 nitrogen and oxygen atoms in total. The van der Waals surface area contributed by atoms with E-state index in [-0.39, 0.29) is 11.3 Å². The summed E-state index contributed by atoms with van der Waals surface area (Å²) in [5.41, 5.74) is -1.14. The Morgan fingerprint density at radius 1 is 1.35 bits per heavy atom. The second-order valence-electron chi connectivity index (χ2n) is 3.75. The highest BCUT2D eigenvalue weighted by atomic mass is 16.5. The molecule has 1 saturated heterocycles. The number of aromatic amines is 1. The molecule has 0 amide bonds. The smallest absolute Gasteiger partial charge is 0.347 e. The molecule has 0 atom stereocenters. The molecule has 0 aliphatic carbocycles. The Balaban J connectivity index is 2.52. The summed E-state index contributed by atoms with van der Waals surface area (Å²) >= 11 is 0. The summed E-state index contributed by atoms with van der Waals surface area (Å²) in [7, 11) is 0. The van der Waals surface area contributed by atoms with Crippen molar-refractivity contribution < 1.29 is 9.53 Å². The van der Waals surface area contributed by atoms with E-state index in [1.54, 1.807) is 5.01 Å². The maximum absolute atomic E-state index is 12.0. The van der Waals surface area contributed by atoms with Crippen molar-refractivity contribution in [3.05, 3.63) is 32.6 Å². The Morgan fingerprint density at radius 3 is 2.59 bits per heavy atom. The lowest BCUT2D eigenvalue weighted by Gasteiger charge is -2.28. The van der Waals surface area contributed by atoms with Crippen molar-refractivity contribution in [1.82, 2.24) is 9.66 Å². The van der Waals surface area contributed by atoms with Crippen LogP contribution in [-0.4, -0.2) is 41.7 Å². The van der Waals surface area contributed by atoms with Gasteiger partial charge < -0.3 is 14.7 Å². The van der Waals surface area contributed by atoms with E-state index in [1.165, 1.54) is 6.92 Å². The average Bonchev–Trinajstić information content (AvgIpc) is 2.30. The third-order valence-electron chi connectivity index (χ3n) is 2.60. The standard InChI is InChI=1S/C10H13N3O4/c1-7(14)8-6-11-10(16)13(9(8)15)12-2-4-17-5-3-12/h6H,2-5H2,1H3,(H,11,16). The van der Waals surface area contributed by atoms with Gasteiger partial charge in [-0.2, -0.15) is 4.68 Å². The van der Waals surface area contributed by atoms with Crippen LogP contribution in [0.5, 0.6) is 0 Å². The third kappa shape index (κ3) is 2.14. The van der Waals surface area contributed by atoms with E-state index < -0.39 is 11.2 Å². The highest BCUT2D eigenvalue weighted by Gasteiger charge is 2.18. The third-order valence-corrected chi connectivity index (χ3v) is 2.60. The molecule has 17 heavy (non-hydrogen) atoms. The fourth-order valence-electron chi connectivity index (χ4n) is 1.73. The maximum Gasteiger partial charge on any atom is 0.347 e. The van der Waals surface area contributed by atoms with Crippen LogP contribution in [0.2, 0.25) is 0 Å². The first-order valence-electron chi connectivity index (χ1n) is 5.30. The number of nitrogens with one attached hydrogen (secondary N) is 1. The number of aromatic nitrogens is 2. The molecular formula is C10H13N3O4. The number of ketones is 1. The summed E-state index contributed by atoms with van der Waals surface area (Å²) in [4.78, 5) is 37.2. The van der Waals surface area contributed by atoms with Gasteiger partial charge in [-0.15, -0.1) is 0 Å². The van der Waals surface area contributed by atoms with Crippen LogP contribution in [0.3, 0.4) is 0 Å². The molecule has 0 aromatic carbocycles. The van der Waals surface area contributed by atoms with Gasteiger partial charge in [0.1, 0.15) is 5.56 Å². The molecule has 0 unspecified atom stereocenters. The molecule has 0 bridgehead atoms. The van der Waals surface area contributed by atoms with Crippen LogP contribution in [0, 0.1) is 0 Å². The molecule has 0 spiro atoms. The maximum atomic E-state index is 12.0. The van der Waals surface area contributed by atoms with Gasteiger partial charge in [0.2, 0.25) is 0 Å². The number of nitrogens with zero attached hydrogens (tertiary/aromatic N) is 2. The fourth-order valence-corrected chi connectivity index (χ4v) is 1.73. The van der Waals surface area contributed by atoms with Crippen LogP contribution in [0.1, 0.15) is 17.3 Å². The molecule has 2 heterocycles. The summed E-state index contributed by atoms with van der Waals surface area (Å²) < 4.78 is 6.11. The fraction of sp³-hybridized carbons (Fsp3) is 0.500. The van der Waals surface area contributed by atoms with E-state index in [9.17, 15) is 14.4 Å². The lowest BCUT2D eigenvalue weighted by molar-refractivity contribution is 0.101. The number of carbonyl (C=O) groups excluding carboxylic acids is 1. The van der Waals surface area contributed by atoms with Gasteiger partial charge in [-0.25, -0.2) is 4.79 Å². The zero-order valence-electron chi connectivity index (χ0n) is 9.43. The number of carbonyl (C=O) groups is 1. The van der Waals surface area contributed by atoms with Gasteiger partial charge in [0.25, 0.3) is 5.56 Å². The number of morpholine rings is 1. The predicted octanol–water partition coefficient (Wildman–Crippen LogP) is -1.29. The van der Waals surface area contributed by atoms with Gasteiger partial charge in [0.05, 0.1) is 26.3 Å². The number of ether oxygens (including phenoxy) is 1. The monoisotopic (exact) mass is 239 g/mol. The SMILES string of the molecule is CC(=O)c1c[nH]c(=O)n(N2CCOCC2)c1=O. The summed E-state index contributed by atoms with van der Waals surface area (Å²) in [6.45, 7) is 3.10. The minimum Gasteiger partial charge on any atom is -0.378 e. The first-order chi connectivity index (χ1) is 8.11. The molecular weight excluding hydrogens is 226 g/mol.